The molecule has 0 spiro atoms. The van der Waals surface area contributed by atoms with Gasteiger partial charge in [0.25, 0.3) is 0 Å². The fourth-order valence-electron chi connectivity index (χ4n) is 3.10. The first kappa shape index (κ1) is 16.0. The van der Waals surface area contributed by atoms with Gasteiger partial charge in [0.2, 0.25) is 0 Å². The SMILES string of the molecule is CC(C)C1CCC(NC(CN(C)C)C(C)C)CC1. The molecule has 1 aliphatic carbocycles. The Hall–Kier alpha value is -0.0800. The number of hydrogen-bond donors (Lipinski definition) is 1. The highest BCUT2D eigenvalue weighted by Crippen LogP contribution is 2.30. The van der Waals surface area contributed by atoms with Gasteiger partial charge in [-0.1, -0.05) is 27.7 Å². The van der Waals surface area contributed by atoms with Gasteiger partial charge in [0.15, 0.2) is 0 Å². The molecule has 0 heterocycles. The Bertz CT molecular complexity index is 215. The molecule has 108 valence electrons. The van der Waals surface area contributed by atoms with E-state index in [1.165, 1.54) is 25.7 Å². The van der Waals surface area contributed by atoms with Crippen molar-refractivity contribution in [1.29, 1.82) is 0 Å². The van der Waals surface area contributed by atoms with Crippen LogP contribution in [0.3, 0.4) is 0 Å². The van der Waals surface area contributed by atoms with E-state index in [1.54, 1.807) is 0 Å². The van der Waals surface area contributed by atoms with Crippen LogP contribution in [0.5, 0.6) is 0 Å². The molecule has 1 saturated carbocycles. The van der Waals surface area contributed by atoms with Crippen molar-refractivity contribution in [3.63, 3.8) is 0 Å². The zero-order chi connectivity index (χ0) is 13.7. The molecule has 1 fully saturated rings. The minimum Gasteiger partial charge on any atom is -0.310 e. The average Bonchev–Trinajstić information content (AvgIpc) is 2.28. The number of rotatable bonds is 6. The second kappa shape index (κ2) is 7.49. The average molecular weight is 254 g/mol. The van der Waals surface area contributed by atoms with Crippen LogP contribution in [-0.4, -0.2) is 37.6 Å². The lowest BCUT2D eigenvalue weighted by molar-refractivity contribution is 0.201. The topological polar surface area (TPSA) is 15.3 Å². The van der Waals surface area contributed by atoms with E-state index in [9.17, 15) is 0 Å². The summed E-state index contributed by atoms with van der Waals surface area (Å²) in [4.78, 5) is 2.30. The Balaban J connectivity index is 2.37. The Kier molecular flexibility index (Phi) is 6.65. The normalized spacial score (nSPS) is 27.2. The molecule has 0 aromatic rings. The van der Waals surface area contributed by atoms with Gasteiger partial charge in [0.1, 0.15) is 0 Å². The van der Waals surface area contributed by atoms with Crippen molar-refractivity contribution >= 4 is 0 Å². The zero-order valence-electron chi connectivity index (χ0n) is 13.4. The smallest absolute Gasteiger partial charge is 0.0220 e. The van der Waals surface area contributed by atoms with Crippen LogP contribution in [-0.2, 0) is 0 Å². The standard InChI is InChI=1S/C16H34N2/c1-12(2)14-7-9-15(10-8-14)17-16(13(3)4)11-18(5)6/h12-17H,7-11H2,1-6H3. The molecular formula is C16H34N2. The van der Waals surface area contributed by atoms with Crippen molar-refractivity contribution in [3.8, 4) is 0 Å². The lowest BCUT2D eigenvalue weighted by Gasteiger charge is -2.35. The third kappa shape index (κ3) is 5.27. The van der Waals surface area contributed by atoms with E-state index in [0.717, 1.165) is 30.3 Å². The van der Waals surface area contributed by atoms with Gasteiger partial charge in [0, 0.05) is 18.6 Å². The highest BCUT2D eigenvalue weighted by atomic mass is 15.1. The minimum absolute atomic E-state index is 0.639. The zero-order valence-corrected chi connectivity index (χ0v) is 13.4. The van der Waals surface area contributed by atoms with Gasteiger partial charge in [0.05, 0.1) is 0 Å². The van der Waals surface area contributed by atoms with Crippen LogP contribution in [0.25, 0.3) is 0 Å². The maximum absolute atomic E-state index is 3.90. The first-order chi connectivity index (χ1) is 8.40. The molecule has 0 aromatic heterocycles. The van der Waals surface area contributed by atoms with Gasteiger partial charge in [-0.3, -0.25) is 0 Å². The number of hydrogen-bond acceptors (Lipinski definition) is 2. The fourth-order valence-corrected chi connectivity index (χ4v) is 3.10. The first-order valence-electron chi connectivity index (χ1n) is 7.81. The van der Waals surface area contributed by atoms with Gasteiger partial charge >= 0.3 is 0 Å². The summed E-state index contributed by atoms with van der Waals surface area (Å²) in [5.74, 6) is 2.55. The molecule has 1 aliphatic rings. The summed E-state index contributed by atoms with van der Waals surface area (Å²) in [6.07, 6.45) is 5.59. The summed E-state index contributed by atoms with van der Waals surface area (Å²) < 4.78 is 0. The van der Waals surface area contributed by atoms with Gasteiger partial charge in [-0.25, -0.2) is 0 Å². The summed E-state index contributed by atoms with van der Waals surface area (Å²) in [6.45, 7) is 10.6. The largest absolute Gasteiger partial charge is 0.310 e. The molecule has 2 heteroatoms. The molecule has 1 unspecified atom stereocenters. The third-order valence-corrected chi connectivity index (χ3v) is 4.53. The Morgan fingerprint density at radius 3 is 1.94 bits per heavy atom. The highest BCUT2D eigenvalue weighted by molar-refractivity contribution is 4.83. The summed E-state index contributed by atoms with van der Waals surface area (Å²) in [5.41, 5.74) is 0. The van der Waals surface area contributed by atoms with Crippen molar-refractivity contribution < 1.29 is 0 Å². The van der Waals surface area contributed by atoms with Crippen LogP contribution in [0.1, 0.15) is 53.4 Å². The molecular weight excluding hydrogens is 220 g/mol. The van der Waals surface area contributed by atoms with Gasteiger partial charge in [-0.05, 0) is 57.5 Å². The number of likely N-dealkylation sites (N-methyl/N-ethyl adjacent to an activating group) is 1. The highest BCUT2D eigenvalue weighted by Gasteiger charge is 2.25. The monoisotopic (exact) mass is 254 g/mol. The van der Waals surface area contributed by atoms with Crippen LogP contribution in [0.2, 0.25) is 0 Å². The molecule has 0 aromatic carbocycles. The maximum atomic E-state index is 3.90. The number of nitrogens with zero attached hydrogens (tertiary/aromatic N) is 1. The molecule has 18 heavy (non-hydrogen) atoms. The molecule has 0 amide bonds. The molecule has 1 atom stereocenters. The van der Waals surface area contributed by atoms with Gasteiger partial charge in [-0.2, -0.15) is 0 Å². The second-order valence-corrected chi connectivity index (χ2v) is 7.14. The first-order valence-corrected chi connectivity index (χ1v) is 7.81. The van der Waals surface area contributed by atoms with Gasteiger partial charge in [-0.15, -0.1) is 0 Å². The summed E-state index contributed by atoms with van der Waals surface area (Å²) >= 11 is 0. The Morgan fingerprint density at radius 1 is 1.00 bits per heavy atom. The third-order valence-electron chi connectivity index (χ3n) is 4.53. The van der Waals surface area contributed by atoms with Crippen molar-refractivity contribution in [2.45, 2.75) is 65.5 Å². The van der Waals surface area contributed by atoms with Crippen molar-refractivity contribution in [2.75, 3.05) is 20.6 Å². The summed E-state index contributed by atoms with van der Waals surface area (Å²) in [7, 11) is 4.35. The fraction of sp³-hybridized carbons (Fsp3) is 1.00. The second-order valence-electron chi connectivity index (χ2n) is 7.14. The van der Waals surface area contributed by atoms with E-state index in [-0.39, 0.29) is 0 Å². The van der Waals surface area contributed by atoms with Crippen LogP contribution < -0.4 is 5.32 Å². The van der Waals surface area contributed by atoms with E-state index >= 15 is 0 Å². The van der Waals surface area contributed by atoms with E-state index in [2.05, 4.69) is 52.0 Å². The Morgan fingerprint density at radius 2 is 1.56 bits per heavy atom. The van der Waals surface area contributed by atoms with E-state index in [4.69, 9.17) is 0 Å². The molecule has 0 aliphatic heterocycles. The summed E-state index contributed by atoms with van der Waals surface area (Å²) in [5, 5.41) is 3.90. The van der Waals surface area contributed by atoms with Crippen LogP contribution >= 0.6 is 0 Å². The maximum Gasteiger partial charge on any atom is 0.0220 e. The molecule has 0 saturated heterocycles. The van der Waals surface area contributed by atoms with Crippen molar-refractivity contribution in [3.05, 3.63) is 0 Å². The molecule has 1 N–H and O–H groups in total. The predicted molar refractivity (Wildman–Crippen MR) is 80.9 cm³/mol. The molecule has 0 bridgehead atoms. The van der Waals surface area contributed by atoms with E-state index < -0.39 is 0 Å². The molecule has 2 nitrogen and oxygen atoms in total. The quantitative estimate of drug-likeness (QED) is 0.782. The number of nitrogens with one attached hydrogen (secondary N) is 1. The predicted octanol–water partition coefficient (Wildman–Crippen LogP) is 3.38. The lowest BCUT2D eigenvalue weighted by Crippen LogP contribution is -2.48. The Labute approximate surface area is 115 Å². The lowest BCUT2D eigenvalue weighted by atomic mass is 9.79. The van der Waals surface area contributed by atoms with Crippen LogP contribution in [0.15, 0.2) is 0 Å². The van der Waals surface area contributed by atoms with Crippen LogP contribution in [0, 0.1) is 17.8 Å². The van der Waals surface area contributed by atoms with E-state index in [1.807, 2.05) is 0 Å². The van der Waals surface area contributed by atoms with Crippen molar-refractivity contribution in [1.82, 2.24) is 10.2 Å². The van der Waals surface area contributed by atoms with Crippen molar-refractivity contribution in [2.24, 2.45) is 17.8 Å². The van der Waals surface area contributed by atoms with Gasteiger partial charge < -0.3 is 10.2 Å². The van der Waals surface area contributed by atoms with Crippen LogP contribution in [0.4, 0.5) is 0 Å². The summed E-state index contributed by atoms with van der Waals surface area (Å²) in [6, 6.07) is 1.40. The minimum atomic E-state index is 0.639. The molecule has 1 rings (SSSR count). The van der Waals surface area contributed by atoms with E-state index in [0.29, 0.717) is 6.04 Å². The molecule has 0 radical (unpaired) electrons.